The number of carbonyl (C=O) groups excluding carboxylic acids is 1. The van der Waals surface area contributed by atoms with Gasteiger partial charge in [-0.3, -0.25) is 4.79 Å². The normalized spacial score (nSPS) is 14.5. The third-order valence-electron chi connectivity index (χ3n) is 4.66. The summed E-state index contributed by atoms with van der Waals surface area (Å²) in [5.41, 5.74) is -0.619. The van der Waals surface area contributed by atoms with Crippen LogP contribution in [0.4, 0.5) is 17.6 Å². The van der Waals surface area contributed by atoms with E-state index in [1.807, 2.05) is 0 Å². The van der Waals surface area contributed by atoms with E-state index < -0.39 is 17.6 Å². The summed E-state index contributed by atoms with van der Waals surface area (Å²) in [5.74, 6) is -0.836. The van der Waals surface area contributed by atoms with Crippen LogP contribution in [-0.2, 0) is 11.0 Å². The molecular weight excluding hydrogens is 406 g/mol. The van der Waals surface area contributed by atoms with Gasteiger partial charge in [0.05, 0.1) is 11.5 Å². The van der Waals surface area contributed by atoms with E-state index in [9.17, 15) is 22.4 Å². The third-order valence-corrected chi connectivity index (χ3v) is 4.66. The van der Waals surface area contributed by atoms with Crippen molar-refractivity contribution in [3.05, 3.63) is 65.8 Å². The van der Waals surface area contributed by atoms with Crippen molar-refractivity contribution in [2.24, 2.45) is 0 Å². The minimum Gasteiger partial charge on any atom is -0.481 e. The van der Waals surface area contributed by atoms with Gasteiger partial charge in [-0.1, -0.05) is 29.4 Å². The first-order chi connectivity index (χ1) is 14.3. The first-order valence-corrected chi connectivity index (χ1v) is 8.97. The number of hydrogen-bond donors (Lipinski definition) is 0. The molecule has 1 aliphatic heterocycles. The molecule has 156 valence electrons. The second-order valence-electron chi connectivity index (χ2n) is 6.75. The van der Waals surface area contributed by atoms with Crippen molar-refractivity contribution in [3.8, 4) is 17.1 Å². The summed E-state index contributed by atoms with van der Waals surface area (Å²) in [6.07, 6.45) is -4.47. The highest BCUT2D eigenvalue weighted by atomic mass is 19.4. The van der Waals surface area contributed by atoms with Crippen LogP contribution in [0.3, 0.4) is 0 Å². The van der Waals surface area contributed by atoms with Gasteiger partial charge < -0.3 is 14.2 Å². The monoisotopic (exact) mass is 421 g/mol. The minimum absolute atomic E-state index is 0.00875. The third kappa shape index (κ3) is 4.12. The van der Waals surface area contributed by atoms with Crippen LogP contribution in [0.15, 0.2) is 53.1 Å². The molecule has 0 bridgehead atoms. The minimum atomic E-state index is -4.47. The average molecular weight is 421 g/mol. The largest absolute Gasteiger partial charge is 0.481 e. The van der Waals surface area contributed by atoms with Gasteiger partial charge in [0.2, 0.25) is 11.7 Å². The van der Waals surface area contributed by atoms with E-state index in [4.69, 9.17) is 9.26 Å². The lowest BCUT2D eigenvalue weighted by Crippen LogP contribution is -2.50. The first kappa shape index (κ1) is 19.9. The van der Waals surface area contributed by atoms with Gasteiger partial charge in [-0.2, -0.15) is 18.2 Å². The summed E-state index contributed by atoms with van der Waals surface area (Å²) < 4.78 is 62.4. The lowest BCUT2D eigenvalue weighted by atomic mass is 10.00. The van der Waals surface area contributed by atoms with Gasteiger partial charge in [0, 0.05) is 18.7 Å². The van der Waals surface area contributed by atoms with Gasteiger partial charge in [0.15, 0.2) is 18.2 Å². The van der Waals surface area contributed by atoms with Crippen LogP contribution < -0.4 is 4.74 Å². The number of nitrogens with zero attached hydrogens (tertiary/aromatic N) is 3. The van der Waals surface area contributed by atoms with E-state index in [0.717, 1.165) is 12.1 Å². The van der Waals surface area contributed by atoms with Gasteiger partial charge >= 0.3 is 6.18 Å². The molecule has 1 saturated heterocycles. The number of benzene rings is 2. The number of likely N-dealkylation sites (tertiary alicyclic amines) is 1. The maximum atomic E-state index is 13.5. The summed E-state index contributed by atoms with van der Waals surface area (Å²) in [7, 11) is 0. The average Bonchev–Trinajstić information content (AvgIpc) is 3.15. The van der Waals surface area contributed by atoms with Crippen LogP contribution >= 0.6 is 0 Å². The molecule has 0 aliphatic carbocycles. The number of aromatic nitrogens is 2. The molecule has 1 amide bonds. The Morgan fingerprint density at radius 3 is 2.67 bits per heavy atom. The molecule has 0 spiro atoms. The maximum absolute atomic E-state index is 13.5. The van der Waals surface area contributed by atoms with E-state index in [-0.39, 0.29) is 41.5 Å². The Kier molecular flexibility index (Phi) is 5.15. The topological polar surface area (TPSA) is 68.5 Å². The number of halogens is 4. The van der Waals surface area contributed by atoms with Gasteiger partial charge in [0.25, 0.3) is 5.91 Å². The molecule has 0 radical (unpaired) electrons. The Bertz CT molecular complexity index is 1060. The van der Waals surface area contributed by atoms with E-state index in [0.29, 0.717) is 13.1 Å². The molecule has 0 unspecified atom stereocenters. The van der Waals surface area contributed by atoms with Crippen LogP contribution in [0, 0.1) is 5.82 Å². The number of para-hydroxylation sites is 1. The molecule has 1 fully saturated rings. The number of alkyl halides is 3. The molecule has 10 heteroatoms. The fourth-order valence-electron chi connectivity index (χ4n) is 2.98. The highest BCUT2D eigenvalue weighted by Crippen LogP contribution is 2.32. The quantitative estimate of drug-likeness (QED) is 0.585. The summed E-state index contributed by atoms with van der Waals surface area (Å²) in [4.78, 5) is 17.8. The zero-order chi connectivity index (χ0) is 21.3. The predicted molar refractivity (Wildman–Crippen MR) is 96.0 cm³/mol. The van der Waals surface area contributed by atoms with Crippen LogP contribution in [0.1, 0.15) is 17.4 Å². The highest BCUT2D eigenvalue weighted by molar-refractivity contribution is 5.78. The Morgan fingerprint density at radius 2 is 1.93 bits per heavy atom. The van der Waals surface area contributed by atoms with Crippen LogP contribution in [0.25, 0.3) is 11.4 Å². The van der Waals surface area contributed by atoms with Crippen LogP contribution in [0.2, 0.25) is 0 Å². The molecule has 3 aromatic rings. The van der Waals surface area contributed by atoms with Gasteiger partial charge in [0.1, 0.15) is 0 Å². The zero-order valence-electron chi connectivity index (χ0n) is 15.4. The summed E-state index contributed by atoms with van der Waals surface area (Å²) in [5, 5.41) is 3.74. The SMILES string of the molecule is O=C(COc1ccccc1F)N1CC(c2nc(-c3cccc(C(F)(F)F)c3)no2)C1. The molecule has 2 aromatic carbocycles. The van der Waals surface area contributed by atoms with Gasteiger partial charge in [-0.25, -0.2) is 4.39 Å². The molecular formula is C20H15F4N3O3. The van der Waals surface area contributed by atoms with Gasteiger partial charge in [-0.15, -0.1) is 0 Å². The Balaban J connectivity index is 1.34. The summed E-state index contributed by atoms with van der Waals surface area (Å²) >= 11 is 0. The molecule has 6 nitrogen and oxygen atoms in total. The smallest absolute Gasteiger partial charge is 0.416 e. The number of carbonyl (C=O) groups is 1. The summed E-state index contributed by atoms with van der Waals surface area (Å²) in [6, 6.07) is 10.4. The lowest BCUT2D eigenvalue weighted by Gasteiger charge is -2.36. The number of rotatable bonds is 5. The highest BCUT2D eigenvalue weighted by Gasteiger charge is 2.36. The second kappa shape index (κ2) is 7.77. The molecule has 0 atom stereocenters. The van der Waals surface area contributed by atoms with Gasteiger partial charge in [-0.05, 0) is 24.3 Å². The van der Waals surface area contributed by atoms with Crippen molar-refractivity contribution in [1.82, 2.24) is 15.0 Å². The van der Waals surface area contributed by atoms with E-state index >= 15 is 0 Å². The van der Waals surface area contributed by atoms with Crippen LogP contribution in [-0.4, -0.2) is 40.6 Å². The second-order valence-corrected chi connectivity index (χ2v) is 6.75. The fraction of sp³-hybridized carbons (Fsp3) is 0.250. The van der Waals surface area contributed by atoms with E-state index in [1.165, 1.54) is 35.2 Å². The molecule has 30 heavy (non-hydrogen) atoms. The molecule has 1 aromatic heterocycles. The number of amides is 1. The van der Waals surface area contributed by atoms with Crippen molar-refractivity contribution in [1.29, 1.82) is 0 Å². The molecule has 0 saturated carbocycles. The van der Waals surface area contributed by atoms with E-state index in [1.54, 1.807) is 6.07 Å². The maximum Gasteiger partial charge on any atom is 0.416 e. The van der Waals surface area contributed by atoms with Crippen LogP contribution in [0.5, 0.6) is 5.75 Å². The van der Waals surface area contributed by atoms with Crippen molar-refractivity contribution in [2.45, 2.75) is 12.1 Å². The molecule has 2 heterocycles. The Hall–Kier alpha value is -3.43. The van der Waals surface area contributed by atoms with Crippen molar-refractivity contribution < 1.29 is 31.6 Å². The fourth-order valence-corrected chi connectivity index (χ4v) is 2.98. The van der Waals surface area contributed by atoms with Crippen molar-refractivity contribution >= 4 is 5.91 Å². The molecule has 4 rings (SSSR count). The van der Waals surface area contributed by atoms with Crippen molar-refractivity contribution in [3.63, 3.8) is 0 Å². The molecule has 0 N–H and O–H groups in total. The standard InChI is InChI=1S/C20H15F4N3O3/c21-15-6-1-2-7-16(15)29-11-17(28)27-9-13(10-27)19-25-18(26-30-19)12-4-3-5-14(8-12)20(22,23)24/h1-8,13H,9-11H2. The predicted octanol–water partition coefficient (Wildman–Crippen LogP) is 3.90. The summed E-state index contributed by atoms with van der Waals surface area (Å²) in [6.45, 7) is 0.278. The van der Waals surface area contributed by atoms with E-state index in [2.05, 4.69) is 10.1 Å². The Labute approximate surface area is 168 Å². The Morgan fingerprint density at radius 1 is 1.17 bits per heavy atom. The van der Waals surface area contributed by atoms with Crippen molar-refractivity contribution in [2.75, 3.05) is 19.7 Å². The zero-order valence-corrected chi connectivity index (χ0v) is 15.4. The number of ether oxygens (including phenoxy) is 1. The first-order valence-electron chi connectivity index (χ1n) is 8.97. The molecule has 1 aliphatic rings. The lowest BCUT2D eigenvalue weighted by molar-refractivity contribution is -0.138. The number of hydrogen-bond acceptors (Lipinski definition) is 5.